The molecule has 0 saturated carbocycles. The first kappa shape index (κ1) is 16.7. The number of aromatic nitrogens is 3. The number of nitrogens with one attached hydrogen (secondary N) is 1. The number of hydrogen-bond acceptors (Lipinski definition) is 6. The zero-order chi connectivity index (χ0) is 17.1. The molecule has 0 aliphatic carbocycles. The van der Waals surface area contributed by atoms with Crippen molar-refractivity contribution in [2.45, 2.75) is 18.1 Å². The van der Waals surface area contributed by atoms with Gasteiger partial charge < -0.3 is 9.88 Å². The lowest BCUT2D eigenvalue weighted by Gasteiger charge is -2.23. The van der Waals surface area contributed by atoms with Gasteiger partial charge in [-0.2, -0.15) is 0 Å². The second-order valence-electron chi connectivity index (χ2n) is 5.23. The van der Waals surface area contributed by atoms with Crippen LogP contribution in [-0.2, 0) is 4.79 Å². The number of benzene rings is 1. The second-order valence-corrected chi connectivity index (χ2v) is 7.25. The Bertz CT molecular complexity index is 888. The lowest BCUT2D eigenvalue weighted by Crippen LogP contribution is -2.31. The highest BCUT2D eigenvalue weighted by Gasteiger charge is 2.20. The number of nitrogens with zero attached hydrogens (tertiary/aromatic N) is 3. The number of para-hydroxylation sites is 1. The minimum Gasteiger partial charge on any atom is -0.336 e. The molecule has 1 aromatic carbocycles. The fourth-order valence-corrected chi connectivity index (χ4v) is 3.94. The number of carbonyl (C=O) groups excluding carboxylic acids is 1. The maximum absolute atomic E-state index is 12.4. The fraction of sp³-hybridized carbons (Fsp3) is 0.250. The van der Waals surface area contributed by atoms with Crippen LogP contribution in [0.25, 0.3) is 10.2 Å². The Hall–Kier alpha value is -2.19. The Morgan fingerprint density at radius 3 is 2.92 bits per heavy atom. The van der Waals surface area contributed by atoms with Gasteiger partial charge in [0.25, 0.3) is 5.56 Å². The van der Waals surface area contributed by atoms with Crippen LogP contribution < -0.4 is 5.56 Å². The van der Waals surface area contributed by atoms with Gasteiger partial charge >= 0.3 is 0 Å². The highest BCUT2D eigenvalue weighted by Crippen LogP contribution is 2.29. The molecule has 1 atom stereocenters. The van der Waals surface area contributed by atoms with E-state index in [0.717, 1.165) is 15.2 Å². The lowest BCUT2D eigenvalue weighted by molar-refractivity contribution is -0.128. The van der Waals surface area contributed by atoms with Crippen molar-refractivity contribution in [1.29, 1.82) is 0 Å². The number of thiazole rings is 1. The molecule has 0 unspecified atom stereocenters. The fourth-order valence-electron chi connectivity index (χ4n) is 2.11. The molecule has 3 aromatic rings. The van der Waals surface area contributed by atoms with Crippen LogP contribution in [0.15, 0.2) is 46.5 Å². The van der Waals surface area contributed by atoms with Crippen molar-refractivity contribution in [2.24, 2.45) is 0 Å². The van der Waals surface area contributed by atoms with E-state index in [1.807, 2.05) is 31.2 Å². The molecule has 0 aliphatic heterocycles. The van der Waals surface area contributed by atoms with Crippen molar-refractivity contribution in [3.05, 3.63) is 51.9 Å². The Balaban J connectivity index is 1.67. The number of fused-ring (bicyclic) bond motifs is 1. The first-order chi connectivity index (χ1) is 11.5. The van der Waals surface area contributed by atoms with E-state index in [1.54, 1.807) is 23.3 Å². The third-order valence-corrected chi connectivity index (χ3v) is 5.70. The first-order valence-corrected chi connectivity index (χ1v) is 9.14. The minimum atomic E-state index is -0.226. The van der Waals surface area contributed by atoms with E-state index in [-0.39, 0.29) is 23.3 Å². The molecule has 2 heterocycles. The van der Waals surface area contributed by atoms with Gasteiger partial charge in [-0.25, -0.2) is 9.97 Å². The molecular weight excluding hydrogens is 344 g/mol. The number of H-pyrrole nitrogens is 1. The predicted octanol–water partition coefficient (Wildman–Crippen LogP) is 2.69. The summed E-state index contributed by atoms with van der Waals surface area (Å²) in [5, 5.41) is 1.35. The van der Waals surface area contributed by atoms with E-state index in [4.69, 9.17) is 0 Å². The summed E-state index contributed by atoms with van der Waals surface area (Å²) in [4.78, 5) is 36.5. The van der Waals surface area contributed by atoms with Crippen LogP contribution >= 0.6 is 23.1 Å². The summed E-state index contributed by atoms with van der Waals surface area (Å²) in [6, 6.07) is 9.16. The summed E-state index contributed by atoms with van der Waals surface area (Å²) in [7, 11) is 1.76. The highest BCUT2D eigenvalue weighted by molar-refractivity contribution is 7.99. The molecule has 0 radical (unpaired) electrons. The summed E-state index contributed by atoms with van der Waals surface area (Å²) < 4.78 is 1.11. The van der Waals surface area contributed by atoms with E-state index in [2.05, 4.69) is 15.0 Å². The van der Waals surface area contributed by atoms with Crippen LogP contribution in [0.2, 0.25) is 0 Å². The van der Waals surface area contributed by atoms with E-state index in [1.165, 1.54) is 24.0 Å². The van der Waals surface area contributed by atoms with E-state index >= 15 is 0 Å². The molecule has 1 amide bonds. The average Bonchev–Trinajstić information content (AvgIpc) is 3.02. The topological polar surface area (TPSA) is 79.0 Å². The molecule has 0 aliphatic rings. The number of amides is 1. The highest BCUT2D eigenvalue weighted by atomic mass is 32.2. The summed E-state index contributed by atoms with van der Waals surface area (Å²) in [5.41, 5.74) is 0.724. The van der Waals surface area contributed by atoms with Crippen LogP contribution in [0, 0.1) is 0 Å². The smallest absolute Gasteiger partial charge is 0.251 e. The number of carbonyl (C=O) groups is 1. The number of hydrogen-bond donors (Lipinski definition) is 1. The largest absolute Gasteiger partial charge is 0.336 e. The maximum atomic E-state index is 12.4. The third-order valence-electron chi connectivity index (χ3n) is 3.62. The number of rotatable bonds is 5. The molecule has 3 rings (SSSR count). The van der Waals surface area contributed by atoms with Crippen molar-refractivity contribution in [3.8, 4) is 0 Å². The maximum Gasteiger partial charge on any atom is 0.251 e. The molecule has 0 fully saturated rings. The molecule has 0 saturated heterocycles. The van der Waals surface area contributed by atoms with Gasteiger partial charge in [-0.1, -0.05) is 23.9 Å². The van der Waals surface area contributed by atoms with Crippen molar-refractivity contribution >= 4 is 39.2 Å². The minimum absolute atomic E-state index is 0.0433. The molecular formula is C16H16N4O2S2. The molecule has 8 heteroatoms. The van der Waals surface area contributed by atoms with Crippen molar-refractivity contribution in [1.82, 2.24) is 19.9 Å². The Morgan fingerprint density at radius 2 is 2.17 bits per heavy atom. The van der Waals surface area contributed by atoms with Crippen molar-refractivity contribution < 1.29 is 4.79 Å². The zero-order valence-electron chi connectivity index (χ0n) is 13.2. The van der Waals surface area contributed by atoms with Gasteiger partial charge in [0.2, 0.25) is 5.91 Å². The van der Waals surface area contributed by atoms with Gasteiger partial charge in [-0.15, -0.1) is 11.3 Å². The van der Waals surface area contributed by atoms with Crippen LogP contribution in [0.1, 0.15) is 18.0 Å². The quantitative estimate of drug-likeness (QED) is 0.559. The van der Waals surface area contributed by atoms with Crippen LogP contribution in [0.3, 0.4) is 0 Å². The normalized spacial score (nSPS) is 12.2. The standard InChI is InChI=1S/C16H16N4O2S2/c1-10(15-18-11-5-3-4-6-12(11)24-15)20(2)14(22)9-23-16-17-8-7-13(21)19-16/h3-8,10H,9H2,1-2H3,(H,17,19,21)/t10-/m0/s1. The SMILES string of the molecule is C[C@@H](c1nc2ccccc2s1)N(C)C(=O)CSc1nccc(=O)[nH]1. The third kappa shape index (κ3) is 3.65. The van der Waals surface area contributed by atoms with E-state index < -0.39 is 0 Å². The van der Waals surface area contributed by atoms with Gasteiger partial charge in [0.15, 0.2) is 5.16 Å². The van der Waals surface area contributed by atoms with Crippen LogP contribution in [0.5, 0.6) is 0 Å². The molecule has 1 N–H and O–H groups in total. The zero-order valence-corrected chi connectivity index (χ0v) is 14.9. The van der Waals surface area contributed by atoms with Crippen molar-refractivity contribution in [3.63, 3.8) is 0 Å². The number of aromatic amines is 1. The summed E-state index contributed by atoms with van der Waals surface area (Å²) in [6.45, 7) is 1.96. The van der Waals surface area contributed by atoms with E-state index in [0.29, 0.717) is 5.16 Å². The number of thioether (sulfide) groups is 1. The Kier molecular flexibility index (Phi) is 4.96. The van der Waals surface area contributed by atoms with Gasteiger partial charge in [-0.3, -0.25) is 9.59 Å². The van der Waals surface area contributed by atoms with Crippen LogP contribution in [-0.4, -0.2) is 38.6 Å². The van der Waals surface area contributed by atoms with Gasteiger partial charge in [0.05, 0.1) is 22.0 Å². The van der Waals surface area contributed by atoms with Crippen LogP contribution in [0.4, 0.5) is 0 Å². The summed E-state index contributed by atoms with van der Waals surface area (Å²) in [6.07, 6.45) is 1.43. The Labute approximate surface area is 147 Å². The second kappa shape index (κ2) is 7.14. The van der Waals surface area contributed by atoms with E-state index in [9.17, 15) is 9.59 Å². The average molecular weight is 360 g/mol. The molecule has 6 nitrogen and oxygen atoms in total. The van der Waals surface area contributed by atoms with Crippen molar-refractivity contribution in [2.75, 3.05) is 12.8 Å². The first-order valence-electron chi connectivity index (χ1n) is 7.34. The molecule has 0 bridgehead atoms. The lowest BCUT2D eigenvalue weighted by atomic mass is 10.3. The predicted molar refractivity (Wildman–Crippen MR) is 96.4 cm³/mol. The summed E-state index contributed by atoms with van der Waals surface area (Å²) >= 11 is 2.81. The Morgan fingerprint density at radius 1 is 1.38 bits per heavy atom. The molecule has 0 spiro atoms. The van der Waals surface area contributed by atoms with Gasteiger partial charge in [0, 0.05) is 19.3 Å². The molecule has 24 heavy (non-hydrogen) atoms. The van der Waals surface area contributed by atoms with Gasteiger partial charge in [-0.05, 0) is 19.1 Å². The summed E-state index contributed by atoms with van der Waals surface area (Å²) in [5.74, 6) is 0.164. The van der Waals surface area contributed by atoms with Gasteiger partial charge in [0.1, 0.15) is 5.01 Å². The monoisotopic (exact) mass is 360 g/mol. The molecule has 124 valence electrons. The molecule has 2 aromatic heterocycles.